The van der Waals surface area contributed by atoms with Gasteiger partial charge in [-0.05, 0) is 17.2 Å². The lowest BCUT2D eigenvalue weighted by Crippen LogP contribution is -2.15. The van der Waals surface area contributed by atoms with Gasteiger partial charge in [0.2, 0.25) is 0 Å². The van der Waals surface area contributed by atoms with E-state index in [-0.39, 0.29) is 6.61 Å². The lowest BCUT2D eigenvalue weighted by molar-refractivity contribution is -0.231. The number of benzene rings is 1. The molecule has 140 valence electrons. The van der Waals surface area contributed by atoms with Crippen LogP contribution >= 0.6 is 0 Å². The Bertz CT molecular complexity index is 551. The van der Waals surface area contributed by atoms with E-state index < -0.39 is 6.11 Å². The van der Waals surface area contributed by atoms with E-state index in [1.807, 2.05) is 32.0 Å². The molecule has 0 N–H and O–H groups in total. The zero-order valence-electron chi connectivity index (χ0n) is 16.1. The van der Waals surface area contributed by atoms with Crippen molar-refractivity contribution in [2.75, 3.05) is 0 Å². The minimum atomic E-state index is -3.12. The number of unbranched alkanes of at least 4 members (excludes halogenated alkanes) is 2. The van der Waals surface area contributed by atoms with Gasteiger partial charge in [0, 0.05) is 24.9 Å². The number of nitrogens with zero attached hydrogens (tertiary/aromatic N) is 1. The van der Waals surface area contributed by atoms with Crippen LogP contribution in [0.15, 0.2) is 48.8 Å². The molecule has 2 nitrogen and oxygen atoms in total. The second-order valence-electron chi connectivity index (χ2n) is 5.35. The fraction of sp³-hybridized carbons (Fsp3) is 0.476. The number of alkyl halides is 2. The summed E-state index contributed by atoms with van der Waals surface area (Å²) in [6.45, 7) is 9.03. The number of pyridine rings is 1. The first-order valence-electron chi connectivity index (χ1n) is 8.98. The summed E-state index contributed by atoms with van der Waals surface area (Å²) >= 11 is 0. The van der Waals surface area contributed by atoms with Crippen molar-refractivity contribution < 1.29 is 13.5 Å². The van der Waals surface area contributed by atoms with Crippen molar-refractivity contribution >= 4 is 0 Å². The molecule has 0 aliphatic rings. The van der Waals surface area contributed by atoms with E-state index in [9.17, 15) is 8.78 Å². The van der Waals surface area contributed by atoms with Crippen LogP contribution in [-0.2, 0) is 11.3 Å². The lowest BCUT2D eigenvalue weighted by atomic mass is 10.0. The van der Waals surface area contributed by atoms with Crippen LogP contribution in [0.5, 0.6) is 0 Å². The van der Waals surface area contributed by atoms with Gasteiger partial charge in [-0.25, -0.2) is 0 Å². The van der Waals surface area contributed by atoms with E-state index in [1.54, 1.807) is 30.6 Å². The standard InChI is InChI=1S/C14H13F2NO.C5H12.C2H6/c1-14(15,16)18-10-12-5-2-3-7-13(12)11-6-4-8-17-9-11;1-3-5-4-2;1-2/h2-9H,10H2,1H3;3-5H2,1-2H3;1-2H3. The molecule has 0 fully saturated rings. The summed E-state index contributed by atoms with van der Waals surface area (Å²) in [7, 11) is 0. The maximum absolute atomic E-state index is 12.7. The largest absolute Gasteiger partial charge is 0.353 e. The Hall–Kier alpha value is -1.81. The Labute approximate surface area is 151 Å². The summed E-state index contributed by atoms with van der Waals surface area (Å²) in [4.78, 5) is 4.02. The first kappa shape index (κ1) is 23.2. The minimum absolute atomic E-state index is 0.130. The Balaban J connectivity index is 0.000000710. The van der Waals surface area contributed by atoms with E-state index in [0.29, 0.717) is 5.56 Å². The van der Waals surface area contributed by atoms with Crippen molar-refractivity contribution in [2.45, 2.75) is 66.6 Å². The van der Waals surface area contributed by atoms with Gasteiger partial charge >= 0.3 is 6.11 Å². The fourth-order valence-corrected chi connectivity index (χ4v) is 2.01. The molecule has 25 heavy (non-hydrogen) atoms. The van der Waals surface area contributed by atoms with Crippen LogP contribution < -0.4 is 0 Å². The summed E-state index contributed by atoms with van der Waals surface area (Å²) in [5.74, 6) is 0. The summed E-state index contributed by atoms with van der Waals surface area (Å²) < 4.78 is 29.9. The van der Waals surface area contributed by atoms with Crippen LogP contribution in [0.2, 0.25) is 0 Å². The smallest absolute Gasteiger partial charge is 0.316 e. The van der Waals surface area contributed by atoms with Crippen LogP contribution in [0.3, 0.4) is 0 Å². The molecular formula is C21H31F2NO. The molecule has 0 amide bonds. The topological polar surface area (TPSA) is 22.1 Å². The molecule has 0 aliphatic carbocycles. The molecule has 1 heterocycles. The van der Waals surface area contributed by atoms with E-state index in [0.717, 1.165) is 18.1 Å². The van der Waals surface area contributed by atoms with Crippen LogP contribution in [0.1, 0.15) is 59.4 Å². The van der Waals surface area contributed by atoms with Crippen molar-refractivity contribution in [3.05, 3.63) is 54.4 Å². The Morgan fingerprint density at radius 2 is 1.64 bits per heavy atom. The predicted octanol–water partition coefficient (Wildman–Crippen LogP) is 7.10. The van der Waals surface area contributed by atoms with E-state index in [4.69, 9.17) is 0 Å². The van der Waals surface area contributed by atoms with Gasteiger partial charge in [0.05, 0.1) is 6.61 Å². The molecule has 4 heteroatoms. The number of hydrogen-bond donors (Lipinski definition) is 0. The van der Waals surface area contributed by atoms with Gasteiger partial charge in [0.15, 0.2) is 0 Å². The average Bonchev–Trinajstić information content (AvgIpc) is 2.63. The van der Waals surface area contributed by atoms with Gasteiger partial charge in [-0.2, -0.15) is 8.78 Å². The number of halogens is 2. The SMILES string of the molecule is CC.CC(F)(F)OCc1ccccc1-c1cccnc1.CCCCC. The molecule has 0 bridgehead atoms. The van der Waals surface area contributed by atoms with Crippen LogP contribution in [0.4, 0.5) is 8.78 Å². The third-order valence-electron chi connectivity index (χ3n) is 3.18. The molecule has 0 saturated heterocycles. The predicted molar refractivity (Wildman–Crippen MR) is 102 cm³/mol. The van der Waals surface area contributed by atoms with Gasteiger partial charge in [0.1, 0.15) is 0 Å². The number of ether oxygens (including phenoxy) is 1. The Kier molecular flexibility index (Phi) is 12.5. The van der Waals surface area contributed by atoms with Crippen LogP contribution in [-0.4, -0.2) is 11.1 Å². The second kappa shape index (κ2) is 13.5. The third kappa shape index (κ3) is 10.6. The highest BCUT2D eigenvalue weighted by atomic mass is 19.3. The zero-order chi connectivity index (χ0) is 19.1. The van der Waals surface area contributed by atoms with Crippen LogP contribution in [0, 0.1) is 0 Å². The Morgan fingerprint density at radius 1 is 1.00 bits per heavy atom. The Morgan fingerprint density at radius 3 is 2.12 bits per heavy atom. The molecule has 1 aromatic heterocycles. The van der Waals surface area contributed by atoms with Gasteiger partial charge in [-0.15, -0.1) is 0 Å². The van der Waals surface area contributed by atoms with Crippen molar-refractivity contribution in [3.63, 3.8) is 0 Å². The number of hydrogen-bond acceptors (Lipinski definition) is 2. The first-order valence-corrected chi connectivity index (χ1v) is 8.98. The molecule has 0 atom stereocenters. The van der Waals surface area contributed by atoms with Gasteiger partial charge in [-0.3, -0.25) is 4.98 Å². The monoisotopic (exact) mass is 351 g/mol. The average molecular weight is 351 g/mol. The molecule has 2 aromatic rings. The van der Waals surface area contributed by atoms with Crippen molar-refractivity contribution in [1.29, 1.82) is 0 Å². The molecule has 0 radical (unpaired) electrons. The normalized spacial score (nSPS) is 10.2. The van der Waals surface area contributed by atoms with Gasteiger partial charge in [0.25, 0.3) is 0 Å². The highest BCUT2D eigenvalue weighted by Crippen LogP contribution is 2.25. The fourth-order valence-electron chi connectivity index (χ4n) is 2.01. The highest BCUT2D eigenvalue weighted by Gasteiger charge is 2.22. The molecule has 0 unspecified atom stereocenters. The molecule has 0 aliphatic heterocycles. The molecule has 0 saturated carbocycles. The van der Waals surface area contributed by atoms with Gasteiger partial charge in [-0.1, -0.05) is 77.3 Å². The summed E-state index contributed by atoms with van der Waals surface area (Å²) in [5.41, 5.74) is 2.46. The molecular weight excluding hydrogens is 320 g/mol. The third-order valence-corrected chi connectivity index (χ3v) is 3.18. The number of aromatic nitrogens is 1. The van der Waals surface area contributed by atoms with E-state index in [1.165, 1.54) is 19.3 Å². The molecule has 1 aromatic carbocycles. The zero-order valence-corrected chi connectivity index (χ0v) is 16.1. The maximum atomic E-state index is 12.7. The quantitative estimate of drug-likeness (QED) is 0.553. The second-order valence-corrected chi connectivity index (χ2v) is 5.35. The number of rotatable bonds is 6. The maximum Gasteiger partial charge on any atom is 0.353 e. The summed E-state index contributed by atoms with van der Waals surface area (Å²) in [6, 6.07) is 11.0. The van der Waals surface area contributed by atoms with Gasteiger partial charge < -0.3 is 4.74 Å². The molecule has 2 rings (SSSR count). The van der Waals surface area contributed by atoms with Crippen molar-refractivity contribution in [1.82, 2.24) is 4.98 Å². The lowest BCUT2D eigenvalue weighted by Gasteiger charge is -2.14. The van der Waals surface area contributed by atoms with Crippen molar-refractivity contribution in [2.24, 2.45) is 0 Å². The summed E-state index contributed by atoms with van der Waals surface area (Å²) in [6.07, 6.45) is 4.32. The highest BCUT2D eigenvalue weighted by molar-refractivity contribution is 5.66. The first-order chi connectivity index (χ1) is 12.0. The van der Waals surface area contributed by atoms with Crippen LogP contribution in [0.25, 0.3) is 11.1 Å². The summed E-state index contributed by atoms with van der Waals surface area (Å²) in [5, 5.41) is 0. The van der Waals surface area contributed by atoms with E-state index >= 15 is 0 Å². The van der Waals surface area contributed by atoms with Crippen molar-refractivity contribution in [3.8, 4) is 11.1 Å². The minimum Gasteiger partial charge on any atom is -0.316 e. The molecule has 0 spiro atoms. The van der Waals surface area contributed by atoms with E-state index in [2.05, 4.69) is 23.6 Å².